The largest absolute Gasteiger partial charge is 0.264 e. The first-order valence-electron chi connectivity index (χ1n) is 7.12. The van der Waals surface area contributed by atoms with Crippen LogP contribution in [0.4, 0.5) is 0 Å². The van der Waals surface area contributed by atoms with Gasteiger partial charge in [0.1, 0.15) is 0 Å². The lowest BCUT2D eigenvalue weighted by Gasteiger charge is -1.92. The van der Waals surface area contributed by atoms with Crippen molar-refractivity contribution in [2.24, 2.45) is 5.92 Å². The van der Waals surface area contributed by atoms with Gasteiger partial charge >= 0.3 is 0 Å². The highest BCUT2D eigenvalue weighted by Gasteiger charge is 2.08. The summed E-state index contributed by atoms with van der Waals surface area (Å²) in [5.74, 6) is 0.833. The van der Waals surface area contributed by atoms with Crippen molar-refractivity contribution in [2.45, 2.75) is 67.7 Å². The highest BCUT2D eigenvalue weighted by Crippen LogP contribution is 2.19. The molecule has 1 aliphatic carbocycles. The van der Waals surface area contributed by atoms with Crippen molar-refractivity contribution >= 4 is 0 Å². The molecule has 0 spiro atoms. The highest BCUT2D eigenvalue weighted by molar-refractivity contribution is 5.27. The number of aromatic nitrogens is 1. The van der Waals surface area contributed by atoms with Crippen LogP contribution >= 0.6 is 0 Å². The molecule has 0 aromatic carbocycles. The average Bonchev–Trinajstić information content (AvgIpc) is 2.81. The maximum absolute atomic E-state index is 4.06. The minimum absolute atomic E-state index is 0.833. The maximum atomic E-state index is 4.06. The van der Waals surface area contributed by atoms with E-state index in [9.17, 15) is 0 Å². The Labute approximate surface area is 109 Å². The first-order valence-corrected chi connectivity index (χ1v) is 7.12. The average molecular weight is 237 g/mol. The standard InChI is InChI=1S/C8H9N.C4H10.2C2H6/c1-2-7-4-5-9-6-8(7)3-1;1-4(2)3;2*1-2/h4-6H,1-3H2;4H,1-3H3;2*1-2H3. The van der Waals surface area contributed by atoms with Crippen LogP contribution < -0.4 is 0 Å². The Morgan fingerprint density at radius 2 is 1.41 bits per heavy atom. The molecule has 1 nitrogen and oxygen atoms in total. The Hall–Kier alpha value is -0.850. The molecule has 0 aliphatic heterocycles. The van der Waals surface area contributed by atoms with Crippen LogP contribution in [-0.4, -0.2) is 4.98 Å². The molecule has 100 valence electrons. The van der Waals surface area contributed by atoms with Crippen molar-refractivity contribution in [3.05, 3.63) is 29.6 Å². The van der Waals surface area contributed by atoms with Crippen molar-refractivity contribution in [1.82, 2.24) is 4.98 Å². The number of hydrogen-bond donors (Lipinski definition) is 0. The fourth-order valence-electron chi connectivity index (χ4n) is 1.39. The van der Waals surface area contributed by atoms with E-state index in [-0.39, 0.29) is 0 Å². The number of rotatable bonds is 0. The van der Waals surface area contributed by atoms with Gasteiger partial charge in [-0.3, -0.25) is 4.98 Å². The normalized spacial score (nSPS) is 11.1. The van der Waals surface area contributed by atoms with Crippen LogP contribution in [0.15, 0.2) is 18.5 Å². The molecule has 0 unspecified atom stereocenters. The second-order valence-electron chi connectivity index (χ2n) is 4.23. The van der Waals surface area contributed by atoms with Crippen molar-refractivity contribution in [3.8, 4) is 0 Å². The summed E-state index contributed by atoms with van der Waals surface area (Å²) in [5.41, 5.74) is 2.96. The van der Waals surface area contributed by atoms with Gasteiger partial charge in [0.15, 0.2) is 0 Å². The van der Waals surface area contributed by atoms with Gasteiger partial charge in [0.2, 0.25) is 0 Å². The van der Waals surface area contributed by atoms with Gasteiger partial charge in [0.05, 0.1) is 0 Å². The lowest BCUT2D eigenvalue weighted by molar-refractivity contribution is 0.737. The Bertz CT molecular complexity index is 228. The van der Waals surface area contributed by atoms with E-state index in [1.165, 1.54) is 30.4 Å². The van der Waals surface area contributed by atoms with Gasteiger partial charge in [-0.25, -0.2) is 0 Å². The third-order valence-electron chi connectivity index (χ3n) is 1.90. The van der Waals surface area contributed by atoms with Gasteiger partial charge in [0.25, 0.3) is 0 Å². The fourth-order valence-corrected chi connectivity index (χ4v) is 1.39. The summed E-state index contributed by atoms with van der Waals surface area (Å²) in [6.45, 7) is 14.5. The van der Waals surface area contributed by atoms with Gasteiger partial charge in [0, 0.05) is 12.4 Å². The highest BCUT2D eigenvalue weighted by atomic mass is 14.6. The summed E-state index contributed by atoms with van der Waals surface area (Å²) < 4.78 is 0. The lowest BCUT2D eigenvalue weighted by Crippen LogP contribution is -1.80. The third kappa shape index (κ3) is 10.0. The van der Waals surface area contributed by atoms with Crippen LogP contribution in [-0.2, 0) is 12.8 Å². The minimum Gasteiger partial charge on any atom is -0.264 e. The number of fused-ring (bicyclic) bond motifs is 1. The second kappa shape index (κ2) is 13.2. The molecule has 0 saturated carbocycles. The Morgan fingerprint density at radius 1 is 0.941 bits per heavy atom. The summed E-state index contributed by atoms with van der Waals surface area (Å²) in [7, 11) is 0. The molecule has 0 amide bonds. The zero-order valence-electron chi connectivity index (χ0n) is 12.9. The van der Waals surface area contributed by atoms with E-state index in [0.29, 0.717) is 0 Å². The summed E-state index contributed by atoms with van der Waals surface area (Å²) in [6, 6.07) is 2.13. The molecular weight excluding hydrogens is 206 g/mol. The summed E-state index contributed by atoms with van der Waals surface area (Å²) in [6.07, 6.45) is 7.69. The predicted octanol–water partition coefficient (Wildman–Crippen LogP) is 5.29. The van der Waals surface area contributed by atoms with Crippen LogP contribution in [0.3, 0.4) is 0 Å². The van der Waals surface area contributed by atoms with Gasteiger partial charge in [-0.1, -0.05) is 48.5 Å². The smallest absolute Gasteiger partial charge is 0.0302 e. The maximum Gasteiger partial charge on any atom is 0.0302 e. The van der Waals surface area contributed by atoms with Gasteiger partial charge in [-0.05, 0) is 42.4 Å². The fraction of sp³-hybridized carbons (Fsp3) is 0.688. The van der Waals surface area contributed by atoms with Gasteiger partial charge in [-0.15, -0.1) is 0 Å². The van der Waals surface area contributed by atoms with Gasteiger partial charge in [-0.2, -0.15) is 0 Å². The van der Waals surface area contributed by atoms with Crippen molar-refractivity contribution < 1.29 is 0 Å². The SMILES string of the molecule is CC.CC.CC(C)C.c1cc2c(cn1)CCC2. The van der Waals surface area contributed by atoms with E-state index in [1.807, 2.05) is 40.1 Å². The topological polar surface area (TPSA) is 12.9 Å². The predicted molar refractivity (Wildman–Crippen MR) is 79.5 cm³/mol. The molecule has 1 aromatic heterocycles. The van der Waals surface area contributed by atoms with Crippen molar-refractivity contribution in [2.75, 3.05) is 0 Å². The first-order chi connectivity index (χ1) is 8.20. The molecule has 0 N–H and O–H groups in total. The molecule has 1 heterocycles. The molecule has 0 saturated heterocycles. The Kier molecular flexibility index (Phi) is 14.4. The van der Waals surface area contributed by atoms with E-state index in [0.717, 1.165) is 5.92 Å². The van der Waals surface area contributed by atoms with E-state index < -0.39 is 0 Å². The van der Waals surface area contributed by atoms with Crippen LogP contribution in [0.1, 0.15) is 66.0 Å². The third-order valence-corrected chi connectivity index (χ3v) is 1.90. The zero-order valence-corrected chi connectivity index (χ0v) is 12.9. The number of nitrogens with zero attached hydrogens (tertiary/aromatic N) is 1. The molecule has 0 fully saturated rings. The van der Waals surface area contributed by atoms with Crippen molar-refractivity contribution in [1.29, 1.82) is 0 Å². The molecule has 17 heavy (non-hydrogen) atoms. The molecule has 1 aliphatic rings. The summed E-state index contributed by atoms with van der Waals surface area (Å²) in [5, 5.41) is 0. The first kappa shape index (κ1) is 18.5. The molecule has 0 atom stereocenters. The van der Waals surface area contributed by atoms with Crippen LogP contribution in [0.25, 0.3) is 0 Å². The monoisotopic (exact) mass is 237 g/mol. The second-order valence-corrected chi connectivity index (χ2v) is 4.23. The van der Waals surface area contributed by atoms with Gasteiger partial charge < -0.3 is 0 Å². The lowest BCUT2D eigenvalue weighted by atomic mass is 10.2. The molecular formula is C16H31N. The molecule has 2 rings (SSSR count). The molecule has 0 radical (unpaired) electrons. The van der Waals surface area contributed by atoms with E-state index >= 15 is 0 Å². The number of hydrogen-bond acceptors (Lipinski definition) is 1. The summed E-state index contributed by atoms with van der Waals surface area (Å²) in [4.78, 5) is 4.06. The summed E-state index contributed by atoms with van der Waals surface area (Å²) >= 11 is 0. The Morgan fingerprint density at radius 3 is 1.88 bits per heavy atom. The molecule has 1 heteroatoms. The molecule has 1 aromatic rings. The van der Waals surface area contributed by atoms with Crippen molar-refractivity contribution in [3.63, 3.8) is 0 Å². The van der Waals surface area contributed by atoms with E-state index in [4.69, 9.17) is 0 Å². The number of pyridine rings is 1. The quantitative estimate of drug-likeness (QED) is 0.598. The molecule has 0 bridgehead atoms. The van der Waals surface area contributed by atoms with Crippen LogP contribution in [0.2, 0.25) is 0 Å². The Balaban J connectivity index is 0. The van der Waals surface area contributed by atoms with E-state index in [1.54, 1.807) is 0 Å². The number of aryl methyl sites for hydroxylation is 2. The minimum atomic E-state index is 0.833. The van der Waals surface area contributed by atoms with Crippen LogP contribution in [0, 0.1) is 5.92 Å². The van der Waals surface area contributed by atoms with E-state index in [2.05, 4.69) is 31.8 Å². The zero-order chi connectivity index (χ0) is 13.7. The van der Waals surface area contributed by atoms with Crippen LogP contribution in [0.5, 0.6) is 0 Å².